The Bertz CT molecular complexity index is 663. The first kappa shape index (κ1) is 15.1. The molecule has 21 heavy (non-hydrogen) atoms. The van der Waals surface area contributed by atoms with Crippen LogP contribution in [0.4, 0.5) is 0 Å². The molecule has 2 unspecified atom stereocenters. The van der Waals surface area contributed by atoms with Gasteiger partial charge in [-0.25, -0.2) is 0 Å². The Labute approximate surface area is 138 Å². The van der Waals surface area contributed by atoms with Crippen LogP contribution in [0, 0.1) is 0 Å². The summed E-state index contributed by atoms with van der Waals surface area (Å²) in [6.07, 6.45) is 1.40. The first-order chi connectivity index (χ1) is 10.3. The van der Waals surface area contributed by atoms with Gasteiger partial charge in [0.25, 0.3) is 0 Å². The van der Waals surface area contributed by atoms with E-state index in [4.69, 9.17) is 0 Å². The Balaban J connectivity index is 1.73. The summed E-state index contributed by atoms with van der Waals surface area (Å²) in [6, 6.07) is 15.1. The number of benzene rings is 2. The minimum atomic E-state index is 0.0780. The van der Waals surface area contributed by atoms with E-state index in [2.05, 4.69) is 49.0 Å². The van der Waals surface area contributed by atoms with Crippen LogP contribution in [0.25, 0.3) is 10.8 Å². The first-order valence-electron chi connectivity index (χ1n) is 6.82. The molecule has 1 fully saturated rings. The molecule has 2 aromatic rings. The summed E-state index contributed by atoms with van der Waals surface area (Å²) in [5, 5.41) is 3.26. The maximum absolute atomic E-state index is 11.3. The van der Waals surface area contributed by atoms with E-state index in [1.807, 2.05) is 23.5 Å². The number of rotatable bonds is 4. The van der Waals surface area contributed by atoms with Crippen molar-refractivity contribution in [3.05, 3.63) is 60.7 Å². The van der Waals surface area contributed by atoms with Crippen molar-refractivity contribution >= 4 is 51.2 Å². The average molecular weight is 333 g/mol. The molecular weight excluding hydrogens is 316 g/mol. The van der Waals surface area contributed by atoms with Gasteiger partial charge in [-0.2, -0.15) is 0 Å². The normalized spacial score (nSPS) is 21.5. The van der Waals surface area contributed by atoms with Crippen LogP contribution >= 0.6 is 35.3 Å². The van der Waals surface area contributed by atoms with Gasteiger partial charge >= 0.3 is 0 Å². The van der Waals surface area contributed by atoms with Crippen molar-refractivity contribution in [2.75, 3.05) is 11.5 Å². The molecule has 2 aromatic carbocycles. The van der Waals surface area contributed by atoms with Crippen LogP contribution in [0.2, 0.25) is 0 Å². The number of fused-ring (bicyclic) bond motifs is 1. The topological polar surface area (TPSA) is 17.1 Å². The fourth-order valence-electron chi connectivity index (χ4n) is 2.39. The van der Waals surface area contributed by atoms with Gasteiger partial charge in [0.05, 0.1) is 4.58 Å². The molecule has 1 aliphatic heterocycles. The third-order valence-corrected chi connectivity index (χ3v) is 7.96. The molecular formula is C17H16OS3. The highest BCUT2D eigenvalue weighted by Gasteiger charge is 2.28. The Morgan fingerprint density at radius 3 is 2.95 bits per heavy atom. The summed E-state index contributed by atoms with van der Waals surface area (Å²) in [5.41, 5.74) is 1.41. The molecule has 1 heterocycles. The fourth-order valence-corrected chi connectivity index (χ4v) is 6.81. The molecule has 0 aliphatic carbocycles. The molecule has 0 aromatic heterocycles. The Morgan fingerprint density at radius 1 is 1.29 bits per heavy atom. The van der Waals surface area contributed by atoms with Crippen molar-refractivity contribution in [3.8, 4) is 0 Å². The van der Waals surface area contributed by atoms with E-state index >= 15 is 0 Å². The molecule has 2 atom stereocenters. The fraction of sp³-hybridized carbons (Fsp3) is 0.235. The smallest absolute Gasteiger partial charge is 0.211 e. The van der Waals surface area contributed by atoms with E-state index < -0.39 is 0 Å². The lowest BCUT2D eigenvalue weighted by Gasteiger charge is -2.13. The monoisotopic (exact) mass is 332 g/mol. The second-order valence-corrected chi connectivity index (χ2v) is 8.70. The van der Waals surface area contributed by atoms with Crippen molar-refractivity contribution in [2.24, 2.45) is 0 Å². The van der Waals surface area contributed by atoms with Crippen LogP contribution in [0.5, 0.6) is 0 Å². The first-order valence-corrected chi connectivity index (χ1v) is 9.79. The van der Waals surface area contributed by atoms with Crippen molar-refractivity contribution < 1.29 is 4.79 Å². The quantitative estimate of drug-likeness (QED) is 0.721. The number of thioether (sulfide) groups is 3. The average Bonchev–Trinajstić information content (AvgIpc) is 3.00. The predicted molar refractivity (Wildman–Crippen MR) is 98.2 cm³/mol. The van der Waals surface area contributed by atoms with E-state index in [1.54, 1.807) is 0 Å². The number of carbonyl (C=O) groups excluding carboxylic acids is 1. The summed E-state index contributed by atoms with van der Waals surface area (Å²) in [4.78, 5) is 11.3. The highest BCUT2D eigenvalue weighted by atomic mass is 32.2. The lowest BCUT2D eigenvalue weighted by atomic mass is 10.1. The van der Waals surface area contributed by atoms with E-state index in [0.717, 1.165) is 11.5 Å². The van der Waals surface area contributed by atoms with Gasteiger partial charge in [-0.05, 0) is 22.4 Å². The molecule has 0 N–H and O–H groups in total. The molecule has 0 amide bonds. The van der Waals surface area contributed by atoms with E-state index in [-0.39, 0.29) is 5.12 Å². The molecule has 0 spiro atoms. The maximum Gasteiger partial charge on any atom is 0.211 e. The van der Waals surface area contributed by atoms with Crippen LogP contribution in [0.1, 0.15) is 10.1 Å². The van der Waals surface area contributed by atoms with Crippen LogP contribution in [0.15, 0.2) is 55.1 Å². The Hall–Kier alpha value is -0.840. The summed E-state index contributed by atoms with van der Waals surface area (Å²) in [6.45, 7) is 3.52. The molecule has 1 aliphatic rings. The van der Waals surface area contributed by atoms with E-state index in [1.165, 1.54) is 34.2 Å². The molecule has 108 valence electrons. The van der Waals surface area contributed by atoms with Gasteiger partial charge in [-0.15, -0.1) is 23.5 Å². The highest BCUT2D eigenvalue weighted by molar-refractivity contribution is 8.21. The predicted octanol–water partition coefficient (Wildman–Crippen LogP) is 5.13. The SMILES string of the molecule is C=CC(=O)SCC1CSC(c2cccc3ccccc23)S1. The third-order valence-electron chi connectivity index (χ3n) is 3.40. The van der Waals surface area contributed by atoms with Gasteiger partial charge in [-0.3, -0.25) is 4.79 Å². The Morgan fingerprint density at radius 2 is 2.10 bits per heavy atom. The van der Waals surface area contributed by atoms with Crippen molar-refractivity contribution in [3.63, 3.8) is 0 Å². The van der Waals surface area contributed by atoms with E-state index in [9.17, 15) is 4.79 Å². The standard InChI is InChI=1S/C17H16OS3/c1-2-16(18)19-10-13-11-20-17(21-13)15-9-5-7-12-6-3-4-8-14(12)15/h2-9,13,17H,1,10-11H2. The van der Waals surface area contributed by atoms with Gasteiger partial charge in [0.2, 0.25) is 5.12 Å². The summed E-state index contributed by atoms with van der Waals surface area (Å²) in [7, 11) is 0. The summed E-state index contributed by atoms with van der Waals surface area (Å²) < 4.78 is 0.473. The van der Waals surface area contributed by atoms with Gasteiger partial charge in [0.1, 0.15) is 0 Å². The largest absolute Gasteiger partial charge is 0.282 e. The molecule has 0 saturated carbocycles. The van der Waals surface area contributed by atoms with Crippen molar-refractivity contribution in [2.45, 2.75) is 9.83 Å². The molecule has 3 rings (SSSR count). The molecule has 0 radical (unpaired) electrons. The minimum Gasteiger partial charge on any atom is -0.282 e. The van der Waals surface area contributed by atoms with Crippen molar-refractivity contribution in [1.29, 1.82) is 0 Å². The number of carbonyl (C=O) groups is 1. The second kappa shape index (κ2) is 6.95. The number of hydrogen-bond acceptors (Lipinski definition) is 4. The van der Waals surface area contributed by atoms with Gasteiger partial charge in [-0.1, -0.05) is 60.8 Å². The van der Waals surface area contributed by atoms with Crippen LogP contribution < -0.4 is 0 Å². The zero-order valence-corrected chi connectivity index (χ0v) is 14.0. The van der Waals surface area contributed by atoms with Gasteiger partial charge in [0.15, 0.2) is 0 Å². The number of hydrogen-bond donors (Lipinski definition) is 0. The van der Waals surface area contributed by atoms with Crippen LogP contribution in [0.3, 0.4) is 0 Å². The molecule has 1 nitrogen and oxygen atoms in total. The van der Waals surface area contributed by atoms with E-state index in [0.29, 0.717) is 9.83 Å². The lowest BCUT2D eigenvalue weighted by molar-refractivity contribution is -0.107. The molecule has 4 heteroatoms. The maximum atomic E-state index is 11.3. The van der Waals surface area contributed by atoms with Crippen LogP contribution in [-0.2, 0) is 4.79 Å². The molecule has 1 saturated heterocycles. The van der Waals surface area contributed by atoms with Crippen molar-refractivity contribution in [1.82, 2.24) is 0 Å². The second-order valence-electron chi connectivity index (χ2n) is 4.83. The zero-order valence-electron chi connectivity index (χ0n) is 11.5. The Kier molecular flexibility index (Phi) is 4.99. The minimum absolute atomic E-state index is 0.0780. The third kappa shape index (κ3) is 3.50. The zero-order chi connectivity index (χ0) is 14.7. The summed E-state index contributed by atoms with van der Waals surface area (Å²) in [5.74, 6) is 1.99. The van der Waals surface area contributed by atoms with Gasteiger partial charge in [0, 0.05) is 16.8 Å². The van der Waals surface area contributed by atoms with Gasteiger partial charge < -0.3 is 0 Å². The lowest BCUT2D eigenvalue weighted by Crippen LogP contribution is -2.06. The van der Waals surface area contributed by atoms with Crippen LogP contribution in [-0.4, -0.2) is 21.9 Å². The highest BCUT2D eigenvalue weighted by Crippen LogP contribution is 2.51. The molecule has 0 bridgehead atoms. The summed E-state index contributed by atoms with van der Waals surface area (Å²) >= 11 is 5.36.